The average Bonchev–Trinajstić information content (AvgIpc) is 3.91. The number of imidazole rings is 4. The van der Waals surface area contributed by atoms with Crippen molar-refractivity contribution < 1.29 is 42.1 Å². The van der Waals surface area contributed by atoms with Crippen LogP contribution in [0.15, 0.2) is 98.5 Å². The number of nitrogens with zero attached hydrogens (tertiary/aromatic N) is 12. The largest absolute Gasteiger partial charge is 2.00 e. The summed E-state index contributed by atoms with van der Waals surface area (Å²) >= 11 is 0. The number of fused-ring (bicyclic) bond motifs is 4. The molecule has 0 spiro atoms. The third-order valence-electron chi connectivity index (χ3n) is 8.54. The SMILES string of the molecule is Cn1[c-]nc(-n2ccc3cc4ccn(-c5nccn5C)c4[c-]c32)c1.Cn1cnc(-n2ccc3cc4ccn(-c5n[c-]cn5C)c4[c-]c32)c1.[Pt+2].[Pt+2]. The Kier molecular flexibility index (Phi) is 8.62. The van der Waals surface area contributed by atoms with Crippen molar-refractivity contribution in [1.82, 2.24) is 56.5 Å². The Morgan fingerprint density at radius 2 is 1.12 bits per heavy atom. The molecule has 0 amide bonds. The molecule has 0 bridgehead atoms. The van der Waals surface area contributed by atoms with Gasteiger partial charge in [0.15, 0.2) is 5.82 Å². The van der Waals surface area contributed by atoms with Crippen LogP contribution in [0.3, 0.4) is 0 Å². The fourth-order valence-corrected chi connectivity index (χ4v) is 6.18. The predicted molar refractivity (Wildman–Crippen MR) is 183 cm³/mol. The van der Waals surface area contributed by atoms with Gasteiger partial charge < -0.3 is 46.5 Å². The van der Waals surface area contributed by atoms with E-state index in [0.717, 1.165) is 67.1 Å². The van der Waals surface area contributed by atoms with E-state index in [4.69, 9.17) is 0 Å². The summed E-state index contributed by atoms with van der Waals surface area (Å²) in [6.45, 7) is 0. The van der Waals surface area contributed by atoms with Gasteiger partial charge in [-0.2, -0.15) is 12.1 Å². The van der Waals surface area contributed by atoms with Crippen LogP contribution < -0.4 is 0 Å². The molecule has 0 radical (unpaired) electrons. The second-order valence-corrected chi connectivity index (χ2v) is 11.8. The van der Waals surface area contributed by atoms with E-state index in [-0.39, 0.29) is 42.1 Å². The monoisotopic (exact) mass is 1020 g/mol. The van der Waals surface area contributed by atoms with Crippen molar-refractivity contribution >= 4 is 43.6 Å². The quantitative estimate of drug-likeness (QED) is 0.225. The summed E-state index contributed by atoms with van der Waals surface area (Å²) in [5.41, 5.74) is 3.97. The van der Waals surface area contributed by atoms with Crippen LogP contribution in [0.4, 0.5) is 0 Å². The van der Waals surface area contributed by atoms with Gasteiger partial charge in [-0.3, -0.25) is 0 Å². The topological polar surface area (TPSA) is 91.0 Å². The summed E-state index contributed by atoms with van der Waals surface area (Å²) in [5, 5.41) is 4.53. The Morgan fingerprint density at radius 1 is 0.560 bits per heavy atom. The molecule has 0 aliphatic carbocycles. The van der Waals surface area contributed by atoms with Crippen molar-refractivity contribution in [2.75, 3.05) is 0 Å². The molecule has 252 valence electrons. The minimum absolute atomic E-state index is 0. The fourth-order valence-electron chi connectivity index (χ4n) is 6.18. The van der Waals surface area contributed by atoms with Crippen molar-refractivity contribution in [3.63, 3.8) is 0 Å². The fraction of sp³-hybridized carbons (Fsp3) is 0.111. The minimum Gasteiger partial charge on any atom is -0.454 e. The van der Waals surface area contributed by atoms with E-state index in [0.29, 0.717) is 0 Å². The molecule has 0 unspecified atom stereocenters. The van der Waals surface area contributed by atoms with Crippen LogP contribution in [-0.4, -0.2) is 56.5 Å². The molecule has 10 aromatic rings. The van der Waals surface area contributed by atoms with Crippen molar-refractivity contribution in [2.24, 2.45) is 28.2 Å². The number of hydrogen-bond acceptors (Lipinski definition) is 4. The second kappa shape index (κ2) is 12.9. The molecule has 0 N–H and O–H groups in total. The number of aryl methyl sites for hydroxylation is 4. The first kappa shape index (κ1) is 33.3. The Morgan fingerprint density at radius 3 is 1.60 bits per heavy atom. The van der Waals surface area contributed by atoms with Crippen molar-refractivity contribution in [1.29, 1.82) is 0 Å². The van der Waals surface area contributed by atoms with Crippen LogP contribution in [-0.2, 0) is 70.3 Å². The molecule has 0 atom stereocenters. The van der Waals surface area contributed by atoms with E-state index in [9.17, 15) is 0 Å². The van der Waals surface area contributed by atoms with E-state index in [1.165, 1.54) is 0 Å². The summed E-state index contributed by atoms with van der Waals surface area (Å²) in [6, 6.07) is 19.8. The summed E-state index contributed by atoms with van der Waals surface area (Å²) in [5.74, 6) is 3.39. The normalized spacial score (nSPS) is 11.3. The zero-order valence-electron chi connectivity index (χ0n) is 27.2. The minimum atomic E-state index is 0. The first-order valence-corrected chi connectivity index (χ1v) is 15.3. The predicted octanol–water partition coefficient (Wildman–Crippen LogP) is 5.28. The molecule has 8 heterocycles. The number of rotatable bonds is 4. The molecular weight excluding hydrogens is 991 g/mol. The van der Waals surface area contributed by atoms with Gasteiger partial charge >= 0.3 is 42.1 Å². The van der Waals surface area contributed by atoms with Crippen LogP contribution in [0.5, 0.6) is 0 Å². The molecule has 12 nitrogen and oxygen atoms in total. The van der Waals surface area contributed by atoms with Crippen molar-refractivity contribution in [2.45, 2.75) is 0 Å². The van der Waals surface area contributed by atoms with Gasteiger partial charge in [0.25, 0.3) is 0 Å². The first-order chi connectivity index (χ1) is 23.4. The number of benzene rings is 2. The Hall–Kier alpha value is -5.18. The van der Waals surface area contributed by atoms with Gasteiger partial charge in [-0.05, 0) is 44.7 Å². The smallest absolute Gasteiger partial charge is 0.454 e. The maximum atomic E-state index is 4.44. The Bertz CT molecular complexity index is 2570. The third-order valence-corrected chi connectivity index (χ3v) is 8.54. The van der Waals surface area contributed by atoms with Crippen LogP contribution >= 0.6 is 0 Å². The van der Waals surface area contributed by atoms with Crippen molar-refractivity contribution in [3.05, 3.63) is 123 Å². The van der Waals surface area contributed by atoms with E-state index in [1.807, 2.05) is 105 Å². The van der Waals surface area contributed by atoms with Crippen LogP contribution in [0.2, 0.25) is 0 Å². The molecule has 10 rings (SSSR count). The summed E-state index contributed by atoms with van der Waals surface area (Å²) in [7, 11) is 7.82. The molecule has 14 heteroatoms. The summed E-state index contributed by atoms with van der Waals surface area (Å²) < 4.78 is 15.8. The van der Waals surface area contributed by atoms with Crippen LogP contribution in [0, 0.1) is 24.7 Å². The Balaban J connectivity index is 0.000000151. The van der Waals surface area contributed by atoms with Gasteiger partial charge in [0.05, 0.1) is 12.3 Å². The molecule has 50 heavy (non-hydrogen) atoms. The van der Waals surface area contributed by atoms with Crippen LogP contribution in [0.25, 0.3) is 67.1 Å². The second-order valence-electron chi connectivity index (χ2n) is 11.8. The van der Waals surface area contributed by atoms with Crippen LogP contribution in [0.1, 0.15) is 0 Å². The average molecular weight is 1020 g/mol. The number of hydrogen-bond donors (Lipinski definition) is 0. The van der Waals surface area contributed by atoms with Gasteiger partial charge in [0.1, 0.15) is 0 Å². The van der Waals surface area contributed by atoms with Gasteiger partial charge in [-0.25, -0.2) is 9.97 Å². The summed E-state index contributed by atoms with van der Waals surface area (Å²) in [6.07, 6.45) is 25.2. The van der Waals surface area contributed by atoms with E-state index >= 15 is 0 Å². The van der Waals surface area contributed by atoms with Gasteiger partial charge in [0.2, 0.25) is 5.95 Å². The molecular formula is C36H28N12Pt2. The van der Waals surface area contributed by atoms with Gasteiger partial charge in [-0.15, -0.1) is 46.1 Å². The van der Waals surface area contributed by atoms with E-state index in [2.05, 4.69) is 90.1 Å². The molecule has 0 saturated carbocycles. The first-order valence-electron chi connectivity index (χ1n) is 15.3. The molecule has 0 aliphatic heterocycles. The molecule has 8 aromatic heterocycles. The van der Waals surface area contributed by atoms with Gasteiger partial charge in [0, 0.05) is 39.0 Å². The van der Waals surface area contributed by atoms with E-state index in [1.54, 1.807) is 12.5 Å². The molecule has 0 saturated heterocycles. The molecule has 0 fully saturated rings. The standard InChI is InChI=1S/2C18H14N6.2Pt/c2*1-21-11-17(20-12-21)23-6-3-13-9-14-4-7-24(16(14)10-15(13)23)18-19-5-8-22(18)2;;/h3-4,6-9,11-12H,1-2H3;3-9,11H,1-2H3;;/q2*-2;2*+2. The maximum absolute atomic E-state index is 4.44. The molecule has 2 aromatic carbocycles. The third kappa shape index (κ3) is 5.49. The Labute approximate surface area is 315 Å². The zero-order valence-corrected chi connectivity index (χ0v) is 31.8. The summed E-state index contributed by atoms with van der Waals surface area (Å²) in [4.78, 5) is 17.5. The van der Waals surface area contributed by atoms with Gasteiger partial charge in [-0.1, -0.05) is 52.5 Å². The maximum Gasteiger partial charge on any atom is 2.00 e. The molecule has 0 aliphatic rings. The number of aromatic nitrogens is 12. The van der Waals surface area contributed by atoms with E-state index < -0.39 is 0 Å². The van der Waals surface area contributed by atoms with Crippen molar-refractivity contribution in [3.8, 4) is 23.5 Å². The zero-order chi connectivity index (χ0) is 32.5.